The maximum atomic E-state index is 12.0. The predicted octanol–water partition coefficient (Wildman–Crippen LogP) is 2.69. The summed E-state index contributed by atoms with van der Waals surface area (Å²) in [7, 11) is 0. The molecular formula is C20H27N3O4S. The molecule has 8 heteroatoms. The van der Waals surface area contributed by atoms with E-state index < -0.39 is 0 Å². The number of ether oxygens (including phenoxy) is 3. The smallest absolute Gasteiger partial charge is 0.316 e. The summed E-state index contributed by atoms with van der Waals surface area (Å²) in [5.41, 5.74) is 2.18. The highest BCUT2D eigenvalue weighted by Gasteiger charge is 2.33. The average Bonchev–Trinajstić information content (AvgIpc) is 2.69. The summed E-state index contributed by atoms with van der Waals surface area (Å²) in [4.78, 5) is 18.9. The first-order valence-corrected chi connectivity index (χ1v) is 10.6. The van der Waals surface area contributed by atoms with Gasteiger partial charge in [0.25, 0.3) is 0 Å². The third kappa shape index (κ3) is 4.77. The lowest BCUT2D eigenvalue weighted by Crippen LogP contribution is -2.39. The number of esters is 1. The van der Waals surface area contributed by atoms with E-state index in [2.05, 4.69) is 11.0 Å². The summed E-state index contributed by atoms with van der Waals surface area (Å²) < 4.78 is 16.6. The number of hydrogen-bond donors (Lipinski definition) is 0. The van der Waals surface area contributed by atoms with Crippen molar-refractivity contribution in [1.82, 2.24) is 4.98 Å². The molecule has 1 fully saturated rings. The Morgan fingerprint density at radius 1 is 1.36 bits per heavy atom. The molecule has 28 heavy (non-hydrogen) atoms. The first-order valence-electron chi connectivity index (χ1n) is 9.66. The number of anilines is 1. The van der Waals surface area contributed by atoms with Crippen LogP contribution in [0.3, 0.4) is 0 Å². The number of morpholine rings is 1. The quantitative estimate of drug-likeness (QED) is 0.528. The fourth-order valence-corrected chi connectivity index (χ4v) is 4.17. The molecule has 0 saturated carbocycles. The minimum Gasteiger partial charge on any atom is -0.465 e. The molecule has 0 N–H and O–H groups in total. The maximum absolute atomic E-state index is 12.0. The number of nitriles is 1. The molecule has 2 aliphatic rings. The Kier molecular flexibility index (Phi) is 6.81. The van der Waals surface area contributed by atoms with Crippen molar-refractivity contribution in [3.05, 3.63) is 16.7 Å². The third-order valence-corrected chi connectivity index (χ3v) is 5.73. The van der Waals surface area contributed by atoms with E-state index in [1.165, 1.54) is 11.8 Å². The van der Waals surface area contributed by atoms with Gasteiger partial charge in [-0.3, -0.25) is 4.79 Å². The van der Waals surface area contributed by atoms with Gasteiger partial charge in [0.05, 0.1) is 43.3 Å². The van der Waals surface area contributed by atoms with Crippen LogP contribution in [-0.4, -0.2) is 55.2 Å². The van der Waals surface area contributed by atoms with Gasteiger partial charge in [0.2, 0.25) is 0 Å². The monoisotopic (exact) mass is 405 g/mol. The van der Waals surface area contributed by atoms with Crippen LogP contribution in [0.5, 0.6) is 0 Å². The van der Waals surface area contributed by atoms with Crippen LogP contribution in [0.1, 0.15) is 43.9 Å². The van der Waals surface area contributed by atoms with Crippen LogP contribution in [0.2, 0.25) is 0 Å². The molecule has 0 radical (unpaired) electrons. The zero-order chi connectivity index (χ0) is 20.1. The van der Waals surface area contributed by atoms with Crippen molar-refractivity contribution >= 4 is 23.5 Å². The number of rotatable bonds is 6. The fraction of sp³-hybridized carbons (Fsp3) is 0.650. The normalized spacial score (nSPS) is 18.3. The van der Waals surface area contributed by atoms with Gasteiger partial charge in [-0.15, -0.1) is 0 Å². The molecule has 0 spiro atoms. The van der Waals surface area contributed by atoms with Crippen molar-refractivity contribution in [3.8, 4) is 6.07 Å². The largest absolute Gasteiger partial charge is 0.465 e. The van der Waals surface area contributed by atoms with Gasteiger partial charge in [0.1, 0.15) is 16.9 Å². The predicted molar refractivity (Wildman–Crippen MR) is 107 cm³/mol. The lowest BCUT2D eigenvalue weighted by atomic mass is 9.89. The van der Waals surface area contributed by atoms with Crippen LogP contribution in [0, 0.1) is 11.3 Å². The van der Waals surface area contributed by atoms with Crippen molar-refractivity contribution in [2.45, 2.75) is 50.8 Å². The Hall–Kier alpha value is -1.82. The minimum absolute atomic E-state index is 0.142. The molecule has 1 aromatic rings. The van der Waals surface area contributed by atoms with E-state index in [1.807, 2.05) is 20.8 Å². The van der Waals surface area contributed by atoms with Gasteiger partial charge in [0, 0.05) is 25.1 Å². The summed E-state index contributed by atoms with van der Waals surface area (Å²) in [5.74, 6) is 0.701. The lowest BCUT2D eigenvalue weighted by Gasteiger charge is -2.36. The van der Waals surface area contributed by atoms with E-state index in [1.54, 1.807) is 0 Å². The molecule has 7 nitrogen and oxygen atoms in total. The van der Waals surface area contributed by atoms with Crippen molar-refractivity contribution < 1.29 is 19.0 Å². The molecule has 3 rings (SSSR count). The van der Waals surface area contributed by atoms with Crippen molar-refractivity contribution in [2.75, 3.05) is 43.6 Å². The Bertz CT molecular complexity index is 770. The minimum atomic E-state index is -0.343. The molecule has 0 amide bonds. The van der Waals surface area contributed by atoms with Gasteiger partial charge in [0.15, 0.2) is 0 Å². The molecule has 1 saturated heterocycles. The van der Waals surface area contributed by atoms with E-state index in [4.69, 9.17) is 19.2 Å². The first kappa shape index (κ1) is 20.9. The van der Waals surface area contributed by atoms with E-state index in [0.29, 0.717) is 43.4 Å². The second kappa shape index (κ2) is 9.12. The number of nitrogens with zero attached hydrogens (tertiary/aromatic N) is 3. The highest BCUT2D eigenvalue weighted by Crippen LogP contribution is 2.38. The highest BCUT2D eigenvalue weighted by atomic mass is 32.2. The summed E-state index contributed by atoms with van der Waals surface area (Å²) in [6.07, 6.45) is 1.42. The Balaban J connectivity index is 1.96. The first-order chi connectivity index (χ1) is 13.4. The van der Waals surface area contributed by atoms with E-state index in [0.717, 1.165) is 36.5 Å². The van der Waals surface area contributed by atoms with Gasteiger partial charge in [-0.05, 0) is 25.8 Å². The number of pyridine rings is 1. The number of thioether (sulfide) groups is 1. The number of fused-ring (bicyclic) bond motifs is 1. The number of carbonyl (C=O) groups excluding carboxylic acids is 1. The van der Waals surface area contributed by atoms with E-state index >= 15 is 0 Å². The van der Waals surface area contributed by atoms with Crippen LogP contribution in [0.4, 0.5) is 5.82 Å². The Labute approximate surface area is 170 Å². The molecule has 3 heterocycles. The molecule has 152 valence electrons. The van der Waals surface area contributed by atoms with Gasteiger partial charge < -0.3 is 19.1 Å². The van der Waals surface area contributed by atoms with Crippen molar-refractivity contribution in [3.63, 3.8) is 0 Å². The van der Waals surface area contributed by atoms with Crippen molar-refractivity contribution in [1.29, 1.82) is 5.26 Å². The van der Waals surface area contributed by atoms with Gasteiger partial charge >= 0.3 is 5.97 Å². The fourth-order valence-electron chi connectivity index (χ4n) is 3.37. The molecule has 2 aliphatic heterocycles. The van der Waals surface area contributed by atoms with Crippen LogP contribution >= 0.6 is 11.8 Å². The maximum Gasteiger partial charge on any atom is 0.316 e. The van der Waals surface area contributed by atoms with Gasteiger partial charge in [-0.1, -0.05) is 18.7 Å². The van der Waals surface area contributed by atoms with Gasteiger partial charge in [-0.25, -0.2) is 4.98 Å². The molecule has 0 unspecified atom stereocenters. The number of aromatic nitrogens is 1. The van der Waals surface area contributed by atoms with Crippen LogP contribution in [-0.2, 0) is 32.0 Å². The summed E-state index contributed by atoms with van der Waals surface area (Å²) in [6, 6.07) is 2.32. The molecule has 0 aliphatic carbocycles. The Morgan fingerprint density at radius 3 is 2.79 bits per heavy atom. The molecule has 0 aromatic carbocycles. The standard InChI is InChI=1S/C20H27N3O4S/c1-4-7-26-17(24)13-28-19-15(11-21)14-10-20(2,3)27-12-16(14)18(22-19)23-5-8-25-9-6-23/h4-10,12-13H2,1-3H3. The number of carbonyl (C=O) groups is 1. The molecule has 0 atom stereocenters. The van der Waals surface area contributed by atoms with E-state index in [-0.39, 0.29) is 17.3 Å². The van der Waals surface area contributed by atoms with Crippen molar-refractivity contribution in [2.24, 2.45) is 0 Å². The van der Waals surface area contributed by atoms with Gasteiger partial charge in [-0.2, -0.15) is 5.26 Å². The third-order valence-electron chi connectivity index (χ3n) is 4.78. The zero-order valence-electron chi connectivity index (χ0n) is 16.7. The Morgan fingerprint density at radius 2 is 2.11 bits per heavy atom. The highest BCUT2D eigenvalue weighted by molar-refractivity contribution is 7.99. The van der Waals surface area contributed by atoms with Crippen LogP contribution in [0.15, 0.2) is 5.03 Å². The SMILES string of the molecule is CCCOC(=O)CSc1nc(N2CCOCC2)c2c(c1C#N)CC(C)(C)OC2. The summed E-state index contributed by atoms with van der Waals surface area (Å²) >= 11 is 1.27. The summed E-state index contributed by atoms with van der Waals surface area (Å²) in [6.45, 7) is 9.64. The number of hydrogen-bond acceptors (Lipinski definition) is 8. The van der Waals surface area contributed by atoms with Crippen LogP contribution < -0.4 is 4.90 Å². The molecule has 0 bridgehead atoms. The zero-order valence-corrected chi connectivity index (χ0v) is 17.6. The summed E-state index contributed by atoms with van der Waals surface area (Å²) in [5, 5.41) is 10.5. The molecular weight excluding hydrogens is 378 g/mol. The average molecular weight is 406 g/mol. The lowest BCUT2D eigenvalue weighted by molar-refractivity contribution is -0.140. The molecule has 1 aromatic heterocycles. The van der Waals surface area contributed by atoms with E-state index in [9.17, 15) is 10.1 Å². The second-order valence-electron chi connectivity index (χ2n) is 7.52. The second-order valence-corrected chi connectivity index (χ2v) is 8.48. The van der Waals surface area contributed by atoms with Crippen LogP contribution in [0.25, 0.3) is 0 Å². The topological polar surface area (TPSA) is 84.7 Å².